The van der Waals surface area contributed by atoms with Gasteiger partial charge in [-0.3, -0.25) is 0 Å². The number of rotatable bonds is 2. The molecule has 0 saturated carbocycles. The van der Waals surface area contributed by atoms with Gasteiger partial charge in [0.15, 0.2) is 0 Å². The van der Waals surface area contributed by atoms with Crippen LogP contribution in [0.2, 0.25) is 5.02 Å². The molecule has 2 atom stereocenters. The molecule has 13 heavy (non-hydrogen) atoms. The Morgan fingerprint density at radius 3 is 2.54 bits per heavy atom. The first-order valence-electron chi connectivity index (χ1n) is 3.90. The first kappa shape index (κ1) is 11.0. The van der Waals surface area contributed by atoms with Crippen molar-refractivity contribution in [2.24, 2.45) is 5.73 Å². The van der Waals surface area contributed by atoms with Gasteiger partial charge in [0.05, 0.1) is 12.1 Å². The van der Waals surface area contributed by atoms with Gasteiger partial charge in [-0.1, -0.05) is 27.5 Å². The van der Waals surface area contributed by atoms with Gasteiger partial charge in [-0.25, -0.2) is 0 Å². The lowest BCUT2D eigenvalue weighted by atomic mass is 10.0. The molecule has 0 aromatic heterocycles. The molecule has 3 N–H and O–H groups in total. The summed E-state index contributed by atoms with van der Waals surface area (Å²) >= 11 is 9.14. The van der Waals surface area contributed by atoms with E-state index in [9.17, 15) is 5.11 Å². The quantitative estimate of drug-likeness (QED) is 0.862. The molecule has 1 aromatic carbocycles. The van der Waals surface area contributed by atoms with Crippen molar-refractivity contribution in [3.05, 3.63) is 33.3 Å². The lowest BCUT2D eigenvalue weighted by Crippen LogP contribution is -2.23. The van der Waals surface area contributed by atoms with Gasteiger partial charge in [-0.2, -0.15) is 0 Å². The van der Waals surface area contributed by atoms with Gasteiger partial charge >= 0.3 is 0 Å². The molecule has 0 heterocycles. The molecule has 0 saturated heterocycles. The van der Waals surface area contributed by atoms with Gasteiger partial charge in [0.2, 0.25) is 0 Å². The molecule has 0 radical (unpaired) electrons. The van der Waals surface area contributed by atoms with Gasteiger partial charge in [-0.15, -0.1) is 0 Å². The van der Waals surface area contributed by atoms with E-state index in [0.29, 0.717) is 5.02 Å². The molecule has 0 spiro atoms. The van der Waals surface area contributed by atoms with Crippen molar-refractivity contribution in [2.75, 3.05) is 0 Å². The third kappa shape index (κ3) is 2.95. The SMILES string of the molecule is CC(O)C(N)c1cc(Cl)cc(Br)c1. The van der Waals surface area contributed by atoms with E-state index in [4.69, 9.17) is 17.3 Å². The average molecular weight is 265 g/mol. The van der Waals surface area contributed by atoms with Crippen LogP contribution < -0.4 is 5.73 Å². The average Bonchev–Trinajstić information content (AvgIpc) is 2.01. The van der Waals surface area contributed by atoms with Gasteiger partial charge in [0, 0.05) is 9.50 Å². The highest BCUT2D eigenvalue weighted by atomic mass is 79.9. The maximum Gasteiger partial charge on any atom is 0.0704 e. The minimum absolute atomic E-state index is 0.394. The number of hydrogen-bond donors (Lipinski definition) is 2. The molecule has 72 valence electrons. The third-order valence-electron chi connectivity index (χ3n) is 1.79. The highest BCUT2D eigenvalue weighted by Gasteiger charge is 2.12. The van der Waals surface area contributed by atoms with E-state index < -0.39 is 12.1 Å². The van der Waals surface area contributed by atoms with E-state index in [0.717, 1.165) is 10.0 Å². The monoisotopic (exact) mass is 263 g/mol. The Labute approximate surface area is 90.8 Å². The van der Waals surface area contributed by atoms with Crippen LogP contribution in [0.1, 0.15) is 18.5 Å². The van der Waals surface area contributed by atoms with Crippen molar-refractivity contribution < 1.29 is 5.11 Å². The molecule has 1 aromatic rings. The third-order valence-corrected chi connectivity index (χ3v) is 2.47. The molecular formula is C9H11BrClNO. The van der Waals surface area contributed by atoms with Crippen LogP contribution in [0.4, 0.5) is 0 Å². The number of aliphatic hydroxyl groups is 1. The fourth-order valence-corrected chi connectivity index (χ4v) is 1.93. The summed E-state index contributed by atoms with van der Waals surface area (Å²) in [4.78, 5) is 0. The molecular weight excluding hydrogens is 253 g/mol. The van der Waals surface area contributed by atoms with Crippen LogP contribution in [0.5, 0.6) is 0 Å². The Morgan fingerprint density at radius 2 is 2.08 bits per heavy atom. The smallest absolute Gasteiger partial charge is 0.0704 e. The summed E-state index contributed by atoms with van der Waals surface area (Å²) in [6.07, 6.45) is -0.578. The predicted molar refractivity (Wildman–Crippen MR) is 57.8 cm³/mol. The molecule has 2 unspecified atom stereocenters. The fraction of sp³-hybridized carbons (Fsp3) is 0.333. The fourth-order valence-electron chi connectivity index (χ4n) is 1.05. The number of halogens is 2. The van der Waals surface area contributed by atoms with E-state index in [1.54, 1.807) is 19.1 Å². The predicted octanol–water partition coefficient (Wildman–Crippen LogP) is 2.48. The zero-order valence-corrected chi connectivity index (χ0v) is 9.51. The second-order valence-electron chi connectivity index (χ2n) is 2.97. The van der Waals surface area contributed by atoms with E-state index in [2.05, 4.69) is 15.9 Å². The van der Waals surface area contributed by atoms with Crippen molar-refractivity contribution in [1.82, 2.24) is 0 Å². The molecule has 0 bridgehead atoms. The summed E-state index contributed by atoms with van der Waals surface area (Å²) in [6.45, 7) is 1.65. The van der Waals surface area contributed by atoms with E-state index >= 15 is 0 Å². The summed E-state index contributed by atoms with van der Waals surface area (Å²) in [6, 6.07) is 4.99. The lowest BCUT2D eigenvalue weighted by Gasteiger charge is -2.15. The van der Waals surface area contributed by atoms with Crippen LogP contribution in [-0.4, -0.2) is 11.2 Å². The molecule has 0 fully saturated rings. The molecule has 0 aliphatic heterocycles. The number of aliphatic hydroxyl groups excluding tert-OH is 1. The first-order valence-corrected chi connectivity index (χ1v) is 5.07. The summed E-state index contributed by atoms with van der Waals surface area (Å²) in [5, 5.41) is 9.88. The Kier molecular flexibility index (Phi) is 3.74. The normalized spacial score (nSPS) is 15.5. The van der Waals surface area contributed by atoms with E-state index in [1.165, 1.54) is 0 Å². The van der Waals surface area contributed by atoms with Crippen LogP contribution in [-0.2, 0) is 0 Å². The Hall–Kier alpha value is -0.0900. The lowest BCUT2D eigenvalue weighted by molar-refractivity contribution is 0.164. The number of nitrogens with two attached hydrogens (primary N) is 1. The molecule has 0 aliphatic carbocycles. The zero-order chi connectivity index (χ0) is 10.0. The largest absolute Gasteiger partial charge is 0.391 e. The number of hydrogen-bond acceptors (Lipinski definition) is 2. The van der Waals surface area contributed by atoms with Crippen molar-refractivity contribution in [3.63, 3.8) is 0 Å². The Balaban J connectivity index is 3.01. The van der Waals surface area contributed by atoms with Crippen molar-refractivity contribution in [3.8, 4) is 0 Å². The van der Waals surface area contributed by atoms with Crippen LogP contribution in [0.3, 0.4) is 0 Å². The Bertz CT molecular complexity index is 283. The van der Waals surface area contributed by atoms with Crippen LogP contribution >= 0.6 is 27.5 Å². The molecule has 0 amide bonds. The minimum atomic E-state index is -0.578. The summed E-state index contributed by atoms with van der Waals surface area (Å²) < 4.78 is 0.867. The van der Waals surface area contributed by atoms with E-state index in [-0.39, 0.29) is 0 Å². The molecule has 2 nitrogen and oxygen atoms in total. The van der Waals surface area contributed by atoms with Crippen molar-refractivity contribution in [2.45, 2.75) is 19.1 Å². The molecule has 4 heteroatoms. The van der Waals surface area contributed by atoms with Gasteiger partial charge in [-0.05, 0) is 30.7 Å². The summed E-state index contributed by atoms with van der Waals surface area (Å²) in [7, 11) is 0. The van der Waals surface area contributed by atoms with Crippen LogP contribution in [0, 0.1) is 0 Å². The van der Waals surface area contributed by atoms with Crippen molar-refractivity contribution >= 4 is 27.5 Å². The summed E-state index contributed by atoms with van der Waals surface area (Å²) in [5.41, 5.74) is 6.57. The van der Waals surface area contributed by atoms with Gasteiger partial charge in [0.1, 0.15) is 0 Å². The Morgan fingerprint density at radius 1 is 1.46 bits per heavy atom. The highest BCUT2D eigenvalue weighted by Crippen LogP contribution is 2.24. The second kappa shape index (κ2) is 4.42. The van der Waals surface area contributed by atoms with Crippen molar-refractivity contribution in [1.29, 1.82) is 0 Å². The topological polar surface area (TPSA) is 46.2 Å². The van der Waals surface area contributed by atoms with Gasteiger partial charge in [0.25, 0.3) is 0 Å². The van der Waals surface area contributed by atoms with Crippen LogP contribution in [0.15, 0.2) is 22.7 Å². The van der Waals surface area contributed by atoms with Gasteiger partial charge < -0.3 is 10.8 Å². The standard InChI is InChI=1S/C9H11BrClNO/c1-5(13)9(12)6-2-7(10)4-8(11)3-6/h2-5,9,13H,12H2,1H3. The minimum Gasteiger partial charge on any atom is -0.391 e. The van der Waals surface area contributed by atoms with E-state index in [1.807, 2.05) is 6.07 Å². The zero-order valence-electron chi connectivity index (χ0n) is 7.17. The van der Waals surface area contributed by atoms with Crippen LogP contribution in [0.25, 0.3) is 0 Å². The second-order valence-corrected chi connectivity index (χ2v) is 4.32. The number of benzene rings is 1. The molecule has 0 aliphatic rings. The maximum atomic E-state index is 9.27. The highest BCUT2D eigenvalue weighted by molar-refractivity contribution is 9.10. The summed E-state index contributed by atoms with van der Waals surface area (Å²) in [5.74, 6) is 0. The first-order chi connectivity index (χ1) is 6.00. The molecule has 1 rings (SSSR count). The maximum absolute atomic E-state index is 9.27.